The molecule has 0 amide bonds. The molecular formula is C16H19ClN4O3. The molecule has 128 valence electrons. The lowest BCUT2D eigenvalue weighted by molar-refractivity contribution is 0.0957. The number of likely N-dealkylation sites (tertiary alicyclic amines) is 1. The summed E-state index contributed by atoms with van der Waals surface area (Å²) in [5, 5.41) is 11.4. The van der Waals surface area contributed by atoms with Crippen LogP contribution in [-0.4, -0.2) is 59.8 Å². The van der Waals surface area contributed by atoms with Crippen LogP contribution in [0.15, 0.2) is 18.3 Å². The molecule has 0 aliphatic carbocycles. The molecule has 2 atom stereocenters. The van der Waals surface area contributed by atoms with Gasteiger partial charge in [0.1, 0.15) is 13.2 Å². The van der Waals surface area contributed by atoms with Gasteiger partial charge in [0.05, 0.1) is 23.0 Å². The lowest BCUT2D eigenvalue weighted by Crippen LogP contribution is -2.23. The van der Waals surface area contributed by atoms with Gasteiger partial charge >= 0.3 is 0 Å². The maximum Gasteiger partial charge on any atom is 0.179 e. The number of rotatable bonds is 4. The van der Waals surface area contributed by atoms with Crippen LogP contribution in [0.5, 0.6) is 11.5 Å². The number of hydrogen-bond acceptors (Lipinski definition) is 6. The third-order valence-electron chi connectivity index (χ3n) is 4.52. The van der Waals surface area contributed by atoms with Crippen LogP contribution in [0.4, 0.5) is 0 Å². The van der Waals surface area contributed by atoms with Gasteiger partial charge in [0.2, 0.25) is 0 Å². The number of nitrogens with one attached hydrogen (secondary N) is 1. The van der Waals surface area contributed by atoms with E-state index in [0.29, 0.717) is 24.0 Å². The molecule has 8 heteroatoms. The summed E-state index contributed by atoms with van der Waals surface area (Å²) in [7, 11) is 1.74. The van der Waals surface area contributed by atoms with E-state index in [1.807, 2.05) is 12.1 Å². The Bertz CT molecular complexity index is 710. The van der Waals surface area contributed by atoms with Crippen LogP contribution in [0, 0.1) is 0 Å². The number of methoxy groups -OCH3 is 1. The number of benzene rings is 1. The van der Waals surface area contributed by atoms with Gasteiger partial charge in [-0.05, 0) is 17.7 Å². The zero-order valence-corrected chi connectivity index (χ0v) is 14.1. The second kappa shape index (κ2) is 6.58. The van der Waals surface area contributed by atoms with Crippen molar-refractivity contribution in [2.24, 2.45) is 0 Å². The molecule has 4 rings (SSSR count). The number of hydrogen-bond donors (Lipinski definition) is 1. The molecule has 1 fully saturated rings. The van der Waals surface area contributed by atoms with E-state index in [1.165, 1.54) is 0 Å². The quantitative estimate of drug-likeness (QED) is 0.907. The molecular weight excluding hydrogens is 332 g/mol. The highest BCUT2D eigenvalue weighted by Crippen LogP contribution is 2.39. The SMILES string of the molecule is CO[C@@H]1CN(Cc2cc(Cl)c3c(c2)OCCO3)C[C@H]1c1cn[nH]n1. The fourth-order valence-electron chi connectivity index (χ4n) is 3.41. The predicted octanol–water partition coefficient (Wildman–Crippen LogP) is 1.84. The van der Waals surface area contributed by atoms with E-state index in [2.05, 4.69) is 20.3 Å². The summed E-state index contributed by atoms with van der Waals surface area (Å²) >= 11 is 6.33. The minimum absolute atomic E-state index is 0.0998. The maximum absolute atomic E-state index is 6.33. The lowest BCUT2D eigenvalue weighted by atomic mass is 10.0. The Balaban J connectivity index is 1.51. The van der Waals surface area contributed by atoms with Crippen molar-refractivity contribution in [3.8, 4) is 11.5 Å². The first kappa shape index (κ1) is 15.7. The van der Waals surface area contributed by atoms with Gasteiger partial charge < -0.3 is 14.2 Å². The first-order valence-electron chi connectivity index (χ1n) is 7.93. The summed E-state index contributed by atoms with van der Waals surface area (Å²) in [5.74, 6) is 1.57. The molecule has 0 unspecified atom stereocenters. The summed E-state index contributed by atoms with van der Waals surface area (Å²) in [6.45, 7) is 3.55. The van der Waals surface area contributed by atoms with E-state index in [1.54, 1.807) is 13.3 Å². The van der Waals surface area contributed by atoms with Gasteiger partial charge in [0.15, 0.2) is 11.5 Å². The van der Waals surface area contributed by atoms with Crippen LogP contribution in [0.3, 0.4) is 0 Å². The monoisotopic (exact) mass is 350 g/mol. The van der Waals surface area contributed by atoms with Crippen molar-refractivity contribution < 1.29 is 14.2 Å². The minimum Gasteiger partial charge on any atom is -0.486 e. The summed E-state index contributed by atoms with van der Waals surface area (Å²) in [6, 6.07) is 3.95. The van der Waals surface area contributed by atoms with Gasteiger partial charge in [0, 0.05) is 32.7 Å². The zero-order chi connectivity index (χ0) is 16.5. The molecule has 7 nitrogen and oxygen atoms in total. The Morgan fingerprint density at radius 2 is 2.21 bits per heavy atom. The summed E-state index contributed by atoms with van der Waals surface area (Å²) < 4.78 is 16.9. The van der Waals surface area contributed by atoms with Crippen molar-refractivity contribution in [1.29, 1.82) is 0 Å². The van der Waals surface area contributed by atoms with Gasteiger partial charge in [-0.15, -0.1) is 0 Å². The number of nitrogens with zero attached hydrogens (tertiary/aromatic N) is 3. The molecule has 2 aromatic rings. The molecule has 3 heterocycles. The molecule has 1 aromatic carbocycles. The number of aromatic nitrogens is 3. The average Bonchev–Trinajstić information content (AvgIpc) is 3.24. The van der Waals surface area contributed by atoms with E-state index in [-0.39, 0.29) is 12.0 Å². The number of halogens is 1. The Hall–Kier alpha value is -1.83. The van der Waals surface area contributed by atoms with Crippen molar-refractivity contribution in [2.45, 2.75) is 18.6 Å². The van der Waals surface area contributed by atoms with E-state index in [4.69, 9.17) is 25.8 Å². The van der Waals surface area contributed by atoms with Gasteiger partial charge in [-0.1, -0.05) is 11.6 Å². The second-order valence-electron chi connectivity index (χ2n) is 6.07. The highest BCUT2D eigenvalue weighted by Gasteiger charge is 2.35. The van der Waals surface area contributed by atoms with Gasteiger partial charge in [0.25, 0.3) is 0 Å². The van der Waals surface area contributed by atoms with Crippen LogP contribution in [0.2, 0.25) is 5.02 Å². The molecule has 1 saturated heterocycles. The Labute approximate surface area is 144 Å². The molecule has 0 spiro atoms. The number of aromatic amines is 1. The topological polar surface area (TPSA) is 72.5 Å². The largest absolute Gasteiger partial charge is 0.486 e. The van der Waals surface area contributed by atoms with E-state index >= 15 is 0 Å². The van der Waals surface area contributed by atoms with Crippen LogP contribution < -0.4 is 9.47 Å². The molecule has 0 bridgehead atoms. The third-order valence-corrected chi connectivity index (χ3v) is 4.80. The van der Waals surface area contributed by atoms with Gasteiger partial charge in [-0.2, -0.15) is 15.4 Å². The highest BCUT2D eigenvalue weighted by molar-refractivity contribution is 6.32. The molecule has 1 aromatic heterocycles. The zero-order valence-electron chi connectivity index (χ0n) is 13.4. The van der Waals surface area contributed by atoms with Crippen molar-refractivity contribution in [3.05, 3.63) is 34.6 Å². The molecule has 1 N–H and O–H groups in total. The van der Waals surface area contributed by atoms with Crippen LogP contribution in [0.1, 0.15) is 17.2 Å². The predicted molar refractivity (Wildman–Crippen MR) is 87.6 cm³/mol. The minimum atomic E-state index is 0.0998. The standard InChI is InChI=1S/C16H19ClN4O3/c1-22-15-9-21(8-11(15)13-6-18-20-19-13)7-10-4-12(17)16-14(5-10)23-2-3-24-16/h4-6,11,15H,2-3,7-9H2,1H3,(H,18,19,20)/t11-,15+/m0/s1. The van der Waals surface area contributed by atoms with Crippen molar-refractivity contribution in [2.75, 3.05) is 33.4 Å². The molecule has 2 aliphatic heterocycles. The number of H-pyrrole nitrogens is 1. The molecule has 24 heavy (non-hydrogen) atoms. The third kappa shape index (κ3) is 2.94. The Kier molecular flexibility index (Phi) is 4.30. The molecule has 0 saturated carbocycles. The summed E-state index contributed by atoms with van der Waals surface area (Å²) in [5.41, 5.74) is 2.03. The van der Waals surface area contributed by atoms with Crippen LogP contribution >= 0.6 is 11.6 Å². The summed E-state index contributed by atoms with van der Waals surface area (Å²) in [4.78, 5) is 2.33. The number of ether oxygens (including phenoxy) is 3. The summed E-state index contributed by atoms with van der Waals surface area (Å²) in [6.07, 6.45) is 1.86. The fourth-order valence-corrected chi connectivity index (χ4v) is 3.69. The lowest BCUT2D eigenvalue weighted by Gasteiger charge is -2.22. The second-order valence-corrected chi connectivity index (χ2v) is 6.48. The van der Waals surface area contributed by atoms with E-state index in [9.17, 15) is 0 Å². The Morgan fingerprint density at radius 1 is 1.33 bits per heavy atom. The fraction of sp³-hybridized carbons (Fsp3) is 0.500. The van der Waals surface area contributed by atoms with Crippen molar-refractivity contribution in [1.82, 2.24) is 20.3 Å². The van der Waals surface area contributed by atoms with Crippen LogP contribution in [0.25, 0.3) is 0 Å². The van der Waals surface area contributed by atoms with Gasteiger partial charge in [-0.3, -0.25) is 4.90 Å². The van der Waals surface area contributed by atoms with Crippen molar-refractivity contribution in [3.63, 3.8) is 0 Å². The Morgan fingerprint density at radius 3 is 3.00 bits per heavy atom. The first-order valence-corrected chi connectivity index (χ1v) is 8.31. The smallest absolute Gasteiger partial charge is 0.179 e. The first-order chi connectivity index (χ1) is 11.7. The van der Waals surface area contributed by atoms with Crippen molar-refractivity contribution >= 4 is 11.6 Å². The normalized spacial score (nSPS) is 23.6. The van der Waals surface area contributed by atoms with Crippen LogP contribution in [-0.2, 0) is 11.3 Å². The van der Waals surface area contributed by atoms with Gasteiger partial charge in [-0.25, -0.2) is 0 Å². The molecule has 0 radical (unpaired) electrons. The highest BCUT2D eigenvalue weighted by atomic mass is 35.5. The number of fused-ring (bicyclic) bond motifs is 1. The van der Waals surface area contributed by atoms with E-state index < -0.39 is 0 Å². The van der Waals surface area contributed by atoms with E-state index in [0.717, 1.165) is 36.6 Å². The average molecular weight is 351 g/mol. The maximum atomic E-state index is 6.33. The molecule has 2 aliphatic rings.